The Balaban J connectivity index is 2.46. The van der Waals surface area contributed by atoms with Crippen LogP contribution in [0.4, 0.5) is 16.3 Å². The second-order valence-corrected chi connectivity index (χ2v) is 2.94. The number of nitrogens with one attached hydrogen (secondary N) is 1. The summed E-state index contributed by atoms with van der Waals surface area (Å²) < 4.78 is 0. The highest BCUT2D eigenvalue weighted by atomic mass is 35.5. The Morgan fingerprint density at radius 3 is 3.15 bits per heavy atom. The number of pyridine rings is 1. The maximum absolute atomic E-state index is 10.9. The van der Waals surface area contributed by atoms with Gasteiger partial charge in [-0.1, -0.05) is 11.6 Å². The number of carbonyl (C=O) groups excluding carboxylic acids is 1. The minimum Gasteiger partial charge on any atom is -0.351 e. The number of fused-ring (bicyclic) bond motifs is 1. The number of anilines is 2. The molecule has 6 heteroatoms. The van der Waals surface area contributed by atoms with Crippen LogP contribution in [0.2, 0.25) is 5.02 Å². The molecular formula is C7H6ClN4O. The van der Waals surface area contributed by atoms with Gasteiger partial charge >= 0.3 is 6.03 Å². The summed E-state index contributed by atoms with van der Waals surface area (Å²) >= 11 is 5.71. The van der Waals surface area contributed by atoms with E-state index in [1.165, 1.54) is 17.8 Å². The average molecular weight is 198 g/mol. The number of hydrogen-bond acceptors (Lipinski definition) is 3. The number of amides is 2. The number of carbonyl (C=O) groups is 1. The average Bonchev–Trinajstić information content (AvgIpc) is 2.46. The largest absolute Gasteiger partial charge is 0.351 e. The van der Waals surface area contributed by atoms with Gasteiger partial charge in [0.25, 0.3) is 0 Å². The molecule has 0 unspecified atom stereocenters. The number of halogens is 1. The molecule has 0 fully saturated rings. The maximum Gasteiger partial charge on any atom is 0.321 e. The van der Waals surface area contributed by atoms with Crippen molar-refractivity contribution in [2.45, 2.75) is 0 Å². The van der Waals surface area contributed by atoms with Crippen LogP contribution in [0.15, 0.2) is 12.3 Å². The zero-order chi connectivity index (χ0) is 9.42. The SMILES string of the molecule is NC(=O)N1[CH]Nc2ncc(Cl)cc21. The second kappa shape index (κ2) is 2.77. The van der Waals surface area contributed by atoms with Gasteiger partial charge in [0.15, 0.2) is 5.82 Å². The molecule has 2 amide bonds. The first-order valence-electron chi connectivity index (χ1n) is 3.52. The molecule has 67 valence electrons. The number of hydrogen-bond donors (Lipinski definition) is 2. The molecule has 0 aliphatic carbocycles. The van der Waals surface area contributed by atoms with Crippen molar-refractivity contribution >= 4 is 29.1 Å². The first-order valence-corrected chi connectivity index (χ1v) is 3.90. The minimum atomic E-state index is -0.574. The topological polar surface area (TPSA) is 71.2 Å². The number of aromatic nitrogens is 1. The van der Waals surface area contributed by atoms with Crippen molar-refractivity contribution in [1.29, 1.82) is 0 Å². The molecule has 0 atom stereocenters. The summed E-state index contributed by atoms with van der Waals surface area (Å²) in [5.74, 6) is 0.572. The van der Waals surface area contributed by atoms with Gasteiger partial charge in [-0.2, -0.15) is 0 Å². The molecule has 0 saturated carbocycles. The lowest BCUT2D eigenvalue weighted by Gasteiger charge is -2.10. The fourth-order valence-electron chi connectivity index (χ4n) is 1.10. The summed E-state index contributed by atoms with van der Waals surface area (Å²) in [7, 11) is 0. The Morgan fingerprint density at radius 2 is 2.46 bits per heavy atom. The summed E-state index contributed by atoms with van der Waals surface area (Å²) in [5.41, 5.74) is 5.68. The fourth-order valence-corrected chi connectivity index (χ4v) is 1.25. The zero-order valence-corrected chi connectivity index (χ0v) is 7.25. The molecular weight excluding hydrogens is 192 g/mol. The highest BCUT2D eigenvalue weighted by molar-refractivity contribution is 6.31. The van der Waals surface area contributed by atoms with Crippen LogP contribution in [-0.2, 0) is 0 Å². The Hall–Kier alpha value is -1.49. The fraction of sp³-hybridized carbons (Fsp3) is 0. The smallest absolute Gasteiger partial charge is 0.321 e. The van der Waals surface area contributed by atoms with Gasteiger partial charge < -0.3 is 11.1 Å². The summed E-state index contributed by atoms with van der Waals surface area (Å²) in [6.07, 6.45) is 1.49. The number of nitrogens with two attached hydrogens (primary N) is 1. The van der Waals surface area contributed by atoms with E-state index in [2.05, 4.69) is 10.3 Å². The van der Waals surface area contributed by atoms with Gasteiger partial charge in [0.05, 0.1) is 10.7 Å². The zero-order valence-electron chi connectivity index (χ0n) is 6.49. The molecule has 2 rings (SSSR count). The van der Waals surface area contributed by atoms with Crippen molar-refractivity contribution in [2.75, 3.05) is 10.2 Å². The normalized spacial score (nSPS) is 13.8. The molecule has 0 spiro atoms. The summed E-state index contributed by atoms with van der Waals surface area (Å²) in [5, 5.41) is 3.25. The van der Waals surface area contributed by atoms with Crippen molar-refractivity contribution in [3.63, 3.8) is 0 Å². The van der Waals surface area contributed by atoms with Crippen molar-refractivity contribution in [3.05, 3.63) is 24.0 Å². The second-order valence-electron chi connectivity index (χ2n) is 2.50. The predicted molar refractivity (Wildman–Crippen MR) is 49.2 cm³/mol. The van der Waals surface area contributed by atoms with Crippen molar-refractivity contribution in [1.82, 2.24) is 4.98 Å². The van der Waals surface area contributed by atoms with Crippen molar-refractivity contribution in [2.24, 2.45) is 5.73 Å². The van der Waals surface area contributed by atoms with Crippen LogP contribution in [0.1, 0.15) is 0 Å². The summed E-state index contributed by atoms with van der Waals surface area (Å²) in [4.78, 5) is 16.1. The first-order chi connectivity index (χ1) is 6.18. The molecule has 1 aliphatic heterocycles. The molecule has 1 radical (unpaired) electrons. The lowest BCUT2D eigenvalue weighted by atomic mass is 10.4. The third kappa shape index (κ3) is 1.27. The minimum absolute atomic E-state index is 0.460. The monoisotopic (exact) mass is 197 g/mol. The third-order valence-electron chi connectivity index (χ3n) is 1.66. The van der Waals surface area contributed by atoms with Crippen molar-refractivity contribution < 1.29 is 4.79 Å². The van der Waals surface area contributed by atoms with Gasteiger partial charge in [-0.05, 0) is 6.07 Å². The summed E-state index contributed by atoms with van der Waals surface area (Å²) in [6.45, 7) is 1.44. The Bertz CT molecular complexity index is 368. The van der Waals surface area contributed by atoms with Crippen LogP contribution in [0, 0.1) is 6.67 Å². The van der Waals surface area contributed by atoms with Gasteiger partial charge in [-0.25, -0.2) is 9.78 Å². The number of primary amides is 1. The molecule has 5 nitrogen and oxygen atoms in total. The van der Waals surface area contributed by atoms with E-state index in [0.29, 0.717) is 16.5 Å². The lowest BCUT2D eigenvalue weighted by molar-refractivity contribution is 0.255. The van der Waals surface area contributed by atoms with E-state index in [9.17, 15) is 4.79 Å². The molecule has 1 aromatic rings. The van der Waals surface area contributed by atoms with Crippen LogP contribution in [0.25, 0.3) is 0 Å². The van der Waals surface area contributed by atoms with Gasteiger partial charge in [0.1, 0.15) is 6.67 Å². The predicted octanol–water partition coefficient (Wildman–Crippen LogP) is 1.16. The quantitative estimate of drug-likeness (QED) is 0.656. The first kappa shape index (κ1) is 8.12. The van der Waals surface area contributed by atoms with Gasteiger partial charge in [-0.15, -0.1) is 0 Å². The van der Waals surface area contributed by atoms with E-state index in [4.69, 9.17) is 17.3 Å². The standard InChI is InChI=1S/C7H6ClN4O/c8-4-1-5-6(10-2-4)11-3-12(5)7(9)13/h1-3H,(H2,9,13)(H,10,11). The molecule has 13 heavy (non-hydrogen) atoms. The van der Waals surface area contributed by atoms with Crippen LogP contribution >= 0.6 is 11.6 Å². The van der Waals surface area contributed by atoms with Gasteiger partial charge in [0, 0.05) is 6.20 Å². The number of nitrogens with zero attached hydrogens (tertiary/aromatic N) is 2. The van der Waals surface area contributed by atoms with E-state index in [-0.39, 0.29) is 0 Å². The lowest BCUT2D eigenvalue weighted by Crippen LogP contribution is -2.31. The molecule has 1 aliphatic rings. The number of rotatable bonds is 0. The highest BCUT2D eigenvalue weighted by Crippen LogP contribution is 2.32. The van der Waals surface area contributed by atoms with Gasteiger partial charge in [-0.3, -0.25) is 4.90 Å². The van der Waals surface area contributed by atoms with Crippen LogP contribution in [0.5, 0.6) is 0 Å². The van der Waals surface area contributed by atoms with E-state index in [0.717, 1.165) is 0 Å². The van der Waals surface area contributed by atoms with Crippen LogP contribution in [0.3, 0.4) is 0 Å². The highest BCUT2D eigenvalue weighted by Gasteiger charge is 2.24. The van der Waals surface area contributed by atoms with Crippen molar-refractivity contribution in [3.8, 4) is 0 Å². The van der Waals surface area contributed by atoms with E-state index in [1.54, 1.807) is 6.07 Å². The molecule has 0 saturated heterocycles. The maximum atomic E-state index is 10.9. The number of urea groups is 1. The Labute approximate surface area is 79.5 Å². The third-order valence-corrected chi connectivity index (χ3v) is 1.87. The van der Waals surface area contributed by atoms with E-state index in [1.807, 2.05) is 0 Å². The van der Waals surface area contributed by atoms with E-state index >= 15 is 0 Å². The van der Waals surface area contributed by atoms with Gasteiger partial charge in [0.2, 0.25) is 0 Å². The molecule has 0 aromatic carbocycles. The molecule has 1 aromatic heterocycles. The summed E-state index contributed by atoms with van der Waals surface area (Å²) in [6, 6.07) is 1.04. The van der Waals surface area contributed by atoms with Crippen LogP contribution in [-0.4, -0.2) is 11.0 Å². The molecule has 0 bridgehead atoms. The van der Waals surface area contributed by atoms with E-state index < -0.39 is 6.03 Å². The van der Waals surface area contributed by atoms with Crippen LogP contribution < -0.4 is 16.0 Å². The molecule has 3 N–H and O–H groups in total. The Morgan fingerprint density at radius 1 is 1.69 bits per heavy atom. The molecule has 2 heterocycles. The Kier molecular flexibility index (Phi) is 1.73.